The molecule has 9 nitrogen and oxygen atoms in total. The molecule has 0 spiro atoms. The molecule has 1 aromatic carbocycles. The van der Waals surface area contributed by atoms with Crippen LogP contribution < -0.4 is 10.2 Å². The number of aliphatic hydroxyl groups excluding tert-OH is 1. The fourth-order valence-electron chi connectivity index (χ4n) is 4.10. The lowest BCUT2D eigenvalue weighted by Gasteiger charge is -2.35. The second-order valence-electron chi connectivity index (χ2n) is 7.28. The van der Waals surface area contributed by atoms with Gasteiger partial charge in [0.25, 0.3) is 5.91 Å². The smallest absolute Gasteiger partial charge is 0.257 e. The first-order chi connectivity index (χ1) is 13.5. The summed E-state index contributed by atoms with van der Waals surface area (Å²) in [4.78, 5) is 52.5. The van der Waals surface area contributed by atoms with E-state index in [0.717, 1.165) is 43.1 Å². The average molecular weight is 386 g/mol. The van der Waals surface area contributed by atoms with Gasteiger partial charge in [0.05, 0.1) is 6.54 Å². The maximum absolute atomic E-state index is 12.9. The van der Waals surface area contributed by atoms with Crippen LogP contribution in [0.15, 0.2) is 18.2 Å². The first-order valence-corrected chi connectivity index (χ1v) is 9.39. The summed E-state index contributed by atoms with van der Waals surface area (Å²) in [6.45, 7) is 3.41. The van der Waals surface area contributed by atoms with E-state index in [1.165, 1.54) is 0 Å². The monoisotopic (exact) mass is 386 g/mol. The molecule has 2 fully saturated rings. The molecule has 3 amide bonds. The van der Waals surface area contributed by atoms with Gasteiger partial charge >= 0.3 is 0 Å². The Bertz CT molecular complexity index is 834. The summed E-state index contributed by atoms with van der Waals surface area (Å²) in [6.07, 6.45) is 0.0336. The molecular weight excluding hydrogens is 364 g/mol. The molecule has 148 valence electrons. The van der Waals surface area contributed by atoms with E-state index in [4.69, 9.17) is 0 Å². The molecule has 2 atom stereocenters. The van der Waals surface area contributed by atoms with Crippen molar-refractivity contribution in [2.75, 3.05) is 37.6 Å². The number of aldehydes is 1. The van der Waals surface area contributed by atoms with E-state index < -0.39 is 24.1 Å². The van der Waals surface area contributed by atoms with Crippen molar-refractivity contribution in [2.24, 2.45) is 0 Å². The second kappa shape index (κ2) is 7.33. The Labute approximate surface area is 161 Å². The van der Waals surface area contributed by atoms with Crippen molar-refractivity contribution in [1.82, 2.24) is 15.1 Å². The number of piperidine rings is 1. The summed E-state index contributed by atoms with van der Waals surface area (Å²) in [5.74, 6) is -1.32. The van der Waals surface area contributed by atoms with E-state index in [1.807, 2.05) is 6.07 Å². The summed E-state index contributed by atoms with van der Waals surface area (Å²) < 4.78 is 0. The van der Waals surface area contributed by atoms with Crippen LogP contribution >= 0.6 is 0 Å². The Balaban J connectivity index is 1.53. The normalized spacial score (nSPS) is 25.7. The van der Waals surface area contributed by atoms with Crippen LogP contribution in [0.2, 0.25) is 0 Å². The summed E-state index contributed by atoms with van der Waals surface area (Å²) in [5.41, 5.74) is 1.72. The average Bonchev–Trinajstić information content (AvgIpc) is 2.93. The number of hydrogen-bond acceptors (Lipinski definition) is 7. The van der Waals surface area contributed by atoms with Gasteiger partial charge < -0.3 is 14.8 Å². The molecule has 0 saturated carbocycles. The van der Waals surface area contributed by atoms with Crippen molar-refractivity contribution in [2.45, 2.75) is 25.1 Å². The molecule has 2 N–H and O–H groups in total. The fourth-order valence-corrected chi connectivity index (χ4v) is 4.10. The maximum Gasteiger partial charge on any atom is 0.257 e. The Hall–Kier alpha value is -2.78. The van der Waals surface area contributed by atoms with Crippen molar-refractivity contribution in [1.29, 1.82) is 0 Å². The zero-order valence-corrected chi connectivity index (χ0v) is 15.3. The molecule has 9 heteroatoms. The lowest BCUT2D eigenvalue weighted by atomic mass is 10.0. The summed E-state index contributed by atoms with van der Waals surface area (Å²) >= 11 is 0. The van der Waals surface area contributed by atoms with E-state index in [-0.39, 0.29) is 18.7 Å². The van der Waals surface area contributed by atoms with E-state index in [1.54, 1.807) is 12.1 Å². The van der Waals surface area contributed by atoms with E-state index in [2.05, 4.69) is 15.1 Å². The lowest BCUT2D eigenvalue weighted by molar-refractivity contribution is -0.139. The molecule has 3 aliphatic heterocycles. The highest BCUT2D eigenvalue weighted by Crippen LogP contribution is 2.37. The zero-order chi connectivity index (χ0) is 19.8. The number of amides is 3. The summed E-state index contributed by atoms with van der Waals surface area (Å²) in [5, 5.41) is 12.9. The van der Waals surface area contributed by atoms with Crippen molar-refractivity contribution in [3.05, 3.63) is 29.3 Å². The quantitative estimate of drug-likeness (QED) is 0.518. The third-order valence-electron chi connectivity index (χ3n) is 5.66. The highest BCUT2D eigenvalue weighted by molar-refractivity contribution is 6.06. The van der Waals surface area contributed by atoms with Gasteiger partial charge in [-0.1, -0.05) is 6.07 Å². The summed E-state index contributed by atoms with van der Waals surface area (Å²) in [6, 6.07) is 4.47. The Morgan fingerprint density at radius 2 is 1.89 bits per heavy atom. The number of hydrogen-bond donors (Lipinski definition) is 2. The molecule has 3 heterocycles. The topological polar surface area (TPSA) is 110 Å². The number of anilines is 1. The third kappa shape index (κ3) is 3.16. The Morgan fingerprint density at radius 3 is 2.57 bits per heavy atom. The third-order valence-corrected chi connectivity index (χ3v) is 5.66. The number of imide groups is 1. The number of carbonyl (C=O) groups excluding carboxylic acids is 4. The van der Waals surface area contributed by atoms with Gasteiger partial charge in [-0.3, -0.25) is 29.5 Å². The molecule has 4 rings (SSSR count). The zero-order valence-electron chi connectivity index (χ0n) is 15.3. The number of fused-ring (bicyclic) bond motifs is 1. The number of rotatable bonds is 4. The minimum atomic E-state index is -1.20. The predicted molar refractivity (Wildman–Crippen MR) is 98.5 cm³/mol. The molecule has 2 saturated heterocycles. The number of nitrogens with zero attached hydrogens (tertiary/aromatic N) is 3. The van der Waals surface area contributed by atoms with Gasteiger partial charge in [0.15, 0.2) is 6.23 Å². The Morgan fingerprint density at radius 1 is 1.14 bits per heavy atom. The van der Waals surface area contributed by atoms with Crippen LogP contribution in [0.1, 0.15) is 35.0 Å². The van der Waals surface area contributed by atoms with Gasteiger partial charge in [0.2, 0.25) is 11.8 Å². The standard InChI is InChI=1S/C19H22N4O5/c24-10-9-21-5-7-22(8-6-21)12-1-2-13-14(11-12)19(28)23(18(13)27)15-3-4-16(25)20-17(15)26/h1-2,10-11,15,18,27H,3-9H2,(H,20,25,26). The largest absolute Gasteiger partial charge is 0.369 e. The first kappa shape index (κ1) is 18.6. The van der Waals surface area contributed by atoms with Gasteiger partial charge in [-0.05, 0) is 18.6 Å². The van der Waals surface area contributed by atoms with Crippen molar-refractivity contribution in [3.63, 3.8) is 0 Å². The van der Waals surface area contributed by atoms with Gasteiger partial charge in [0, 0.05) is 49.4 Å². The van der Waals surface area contributed by atoms with Crippen LogP contribution in [0.4, 0.5) is 5.69 Å². The molecule has 2 unspecified atom stereocenters. The van der Waals surface area contributed by atoms with Crippen LogP contribution in [-0.4, -0.2) is 77.7 Å². The Kier molecular flexibility index (Phi) is 4.86. The molecule has 28 heavy (non-hydrogen) atoms. The van der Waals surface area contributed by atoms with Crippen LogP contribution in [0.5, 0.6) is 0 Å². The van der Waals surface area contributed by atoms with Gasteiger partial charge in [0.1, 0.15) is 12.3 Å². The minimum Gasteiger partial charge on any atom is -0.369 e. The van der Waals surface area contributed by atoms with Gasteiger partial charge in [-0.15, -0.1) is 0 Å². The van der Waals surface area contributed by atoms with Crippen LogP contribution in [0, 0.1) is 0 Å². The summed E-state index contributed by atoms with van der Waals surface area (Å²) in [7, 11) is 0. The van der Waals surface area contributed by atoms with Crippen LogP contribution in [-0.2, 0) is 14.4 Å². The first-order valence-electron chi connectivity index (χ1n) is 9.39. The van der Waals surface area contributed by atoms with Crippen molar-refractivity contribution >= 4 is 29.7 Å². The number of nitrogens with one attached hydrogen (secondary N) is 1. The molecule has 0 radical (unpaired) electrons. The number of piperazine rings is 1. The SMILES string of the molecule is O=CCN1CCN(c2ccc3c(c2)C(=O)N(C2CCC(=O)NC2=O)C3O)CC1. The molecular formula is C19H22N4O5. The molecule has 0 bridgehead atoms. The maximum atomic E-state index is 12.9. The van der Waals surface area contributed by atoms with E-state index in [0.29, 0.717) is 17.7 Å². The minimum absolute atomic E-state index is 0.138. The van der Waals surface area contributed by atoms with E-state index in [9.17, 15) is 24.3 Å². The van der Waals surface area contributed by atoms with Crippen molar-refractivity contribution in [3.8, 4) is 0 Å². The molecule has 0 aromatic heterocycles. The highest BCUT2D eigenvalue weighted by atomic mass is 16.3. The lowest BCUT2D eigenvalue weighted by Crippen LogP contribution is -2.53. The van der Waals surface area contributed by atoms with Crippen LogP contribution in [0.3, 0.4) is 0 Å². The van der Waals surface area contributed by atoms with Crippen molar-refractivity contribution < 1.29 is 24.3 Å². The van der Waals surface area contributed by atoms with E-state index >= 15 is 0 Å². The van der Waals surface area contributed by atoms with Gasteiger partial charge in [-0.2, -0.15) is 0 Å². The number of aliphatic hydroxyl groups is 1. The van der Waals surface area contributed by atoms with Crippen LogP contribution in [0.25, 0.3) is 0 Å². The number of carbonyl (C=O) groups is 4. The van der Waals surface area contributed by atoms with Gasteiger partial charge in [-0.25, -0.2) is 0 Å². The molecule has 0 aliphatic carbocycles. The predicted octanol–water partition coefficient (Wildman–Crippen LogP) is -0.741. The fraction of sp³-hybridized carbons (Fsp3) is 0.474. The second-order valence-corrected chi connectivity index (χ2v) is 7.28. The molecule has 3 aliphatic rings. The highest BCUT2D eigenvalue weighted by Gasteiger charge is 2.44. The molecule has 1 aromatic rings. The number of benzene rings is 1.